The Morgan fingerprint density at radius 2 is 1.58 bits per heavy atom. The van der Waals surface area contributed by atoms with E-state index < -0.39 is 0 Å². The molecular formula is C9H22O2Si. The first-order chi connectivity index (χ1) is 5.70. The number of ether oxygens (including phenoxy) is 2. The number of hydrogen-bond donors (Lipinski definition) is 0. The lowest BCUT2D eigenvalue weighted by atomic mass is 10.3. The molecule has 0 aromatic carbocycles. The molecule has 0 aliphatic rings. The van der Waals surface area contributed by atoms with E-state index in [2.05, 4.69) is 13.8 Å². The third kappa shape index (κ3) is 6.82. The lowest BCUT2D eigenvalue weighted by Gasteiger charge is -2.17. The van der Waals surface area contributed by atoms with Crippen LogP contribution in [-0.2, 0) is 9.47 Å². The summed E-state index contributed by atoms with van der Waals surface area (Å²) in [5.41, 5.74) is 0. The fourth-order valence-corrected chi connectivity index (χ4v) is 2.80. The van der Waals surface area contributed by atoms with Crippen molar-refractivity contribution in [3.05, 3.63) is 0 Å². The molecule has 3 heteroatoms. The minimum atomic E-state index is -0.189. The Kier molecular flexibility index (Phi) is 7.86. The average Bonchev–Trinajstić information content (AvgIpc) is 2.01. The molecule has 0 unspecified atom stereocenters. The summed E-state index contributed by atoms with van der Waals surface area (Å²) in [7, 11) is -0.189. The largest absolute Gasteiger partial charge is 0.357 e. The summed E-state index contributed by atoms with van der Waals surface area (Å²) >= 11 is 0. The molecule has 0 saturated heterocycles. The Bertz CT molecular complexity index is 90.5. The summed E-state index contributed by atoms with van der Waals surface area (Å²) in [5, 5.41) is 0. The van der Waals surface area contributed by atoms with Crippen LogP contribution in [0.25, 0.3) is 0 Å². The molecule has 0 aromatic rings. The lowest BCUT2D eigenvalue weighted by molar-refractivity contribution is -0.0829. The van der Waals surface area contributed by atoms with Gasteiger partial charge in [0.1, 0.15) is 5.91 Å². The molecule has 0 atom stereocenters. The van der Waals surface area contributed by atoms with E-state index in [-0.39, 0.29) is 15.4 Å². The minimum Gasteiger partial charge on any atom is -0.357 e. The summed E-state index contributed by atoms with van der Waals surface area (Å²) < 4.78 is 10.9. The van der Waals surface area contributed by atoms with Crippen LogP contribution >= 0.6 is 0 Å². The third-order valence-corrected chi connectivity index (χ3v) is 4.12. The lowest BCUT2D eigenvalue weighted by Crippen LogP contribution is -2.25. The second kappa shape index (κ2) is 7.77. The first kappa shape index (κ1) is 12.1. The molecule has 2 nitrogen and oxygen atoms in total. The molecule has 0 heterocycles. The standard InChI is InChI=1S/C9H22O2Si/c1-5-10-9(11-6-2)12-7-8(3)4/h8-9H,5-7,12H2,1-4H3. The maximum Gasteiger partial charge on any atom is 0.134 e. The molecule has 0 N–H and O–H groups in total. The molecule has 0 bridgehead atoms. The fourth-order valence-electron chi connectivity index (χ4n) is 1.06. The molecule has 0 fully saturated rings. The highest BCUT2D eigenvalue weighted by Crippen LogP contribution is 2.03. The van der Waals surface area contributed by atoms with Crippen molar-refractivity contribution < 1.29 is 9.47 Å². The smallest absolute Gasteiger partial charge is 0.134 e. The van der Waals surface area contributed by atoms with Gasteiger partial charge in [0, 0.05) is 13.2 Å². The molecule has 0 aliphatic heterocycles. The van der Waals surface area contributed by atoms with Crippen LogP contribution in [0.2, 0.25) is 6.04 Å². The first-order valence-electron chi connectivity index (χ1n) is 4.93. The Labute approximate surface area is 78.5 Å². The summed E-state index contributed by atoms with van der Waals surface area (Å²) in [6, 6.07) is 1.31. The SMILES string of the molecule is CCOC(OCC)[SiH2]CC(C)C. The molecule has 0 saturated carbocycles. The van der Waals surface area contributed by atoms with Crippen LogP contribution in [0.3, 0.4) is 0 Å². The van der Waals surface area contributed by atoms with E-state index in [1.165, 1.54) is 6.04 Å². The predicted octanol–water partition coefficient (Wildman–Crippen LogP) is 1.59. The second-order valence-corrected chi connectivity index (χ2v) is 5.13. The van der Waals surface area contributed by atoms with Crippen molar-refractivity contribution in [1.82, 2.24) is 0 Å². The zero-order valence-electron chi connectivity index (χ0n) is 8.80. The van der Waals surface area contributed by atoms with Crippen LogP contribution in [0, 0.1) is 5.92 Å². The van der Waals surface area contributed by atoms with E-state index in [4.69, 9.17) is 9.47 Å². The van der Waals surface area contributed by atoms with E-state index >= 15 is 0 Å². The summed E-state index contributed by atoms with van der Waals surface area (Å²) in [6.07, 6.45) is 0. The van der Waals surface area contributed by atoms with Crippen molar-refractivity contribution in [2.75, 3.05) is 13.2 Å². The van der Waals surface area contributed by atoms with Gasteiger partial charge in [0.15, 0.2) is 0 Å². The maximum absolute atomic E-state index is 5.47. The van der Waals surface area contributed by atoms with Crippen molar-refractivity contribution in [3.63, 3.8) is 0 Å². The van der Waals surface area contributed by atoms with Gasteiger partial charge < -0.3 is 9.47 Å². The van der Waals surface area contributed by atoms with E-state index in [0.717, 1.165) is 19.1 Å². The summed E-state index contributed by atoms with van der Waals surface area (Å²) in [4.78, 5) is 0. The first-order valence-corrected chi connectivity index (χ1v) is 6.75. The van der Waals surface area contributed by atoms with E-state index in [0.29, 0.717) is 0 Å². The number of rotatable bonds is 7. The zero-order chi connectivity index (χ0) is 9.40. The van der Waals surface area contributed by atoms with Crippen molar-refractivity contribution >= 4 is 9.52 Å². The van der Waals surface area contributed by atoms with Gasteiger partial charge in [-0.1, -0.05) is 19.9 Å². The highest BCUT2D eigenvalue weighted by molar-refractivity contribution is 6.36. The van der Waals surface area contributed by atoms with Gasteiger partial charge in [0.25, 0.3) is 0 Å². The molecule has 0 spiro atoms. The van der Waals surface area contributed by atoms with Gasteiger partial charge >= 0.3 is 0 Å². The van der Waals surface area contributed by atoms with Crippen molar-refractivity contribution in [2.24, 2.45) is 5.92 Å². The zero-order valence-corrected chi connectivity index (χ0v) is 10.2. The molecule has 0 amide bonds. The summed E-state index contributed by atoms with van der Waals surface area (Å²) in [6.45, 7) is 10.1. The van der Waals surface area contributed by atoms with Crippen LogP contribution in [-0.4, -0.2) is 28.6 Å². The quantitative estimate of drug-likeness (QED) is 0.448. The highest BCUT2D eigenvalue weighted by atomic mass is 28.2. The van der Waals surface area contributed by atoms with Gasteiger partial charge in [-0.3, -0.25) is 0 Å². The second-order valence-electron chi connectivity index (χ2n) is 3.31. The number of hydrogen-bond acceptors (Lipinski definition) is 2. The van der Waals surface area contributed by atoms with Gasteiger partial charge in [0.2, 0.25) is 0 Å². The van der Waals surface area contributed by atoms with E-state index in [1.807, 2.05) is 13.8 Å². The third-order valence-electron chi connectivity index (χ3n) is 1.68. The van der Waals surface area contributed by atoms with Crippen molar-refractivity contribution in [1.29, 1.82) is 0 Å². The minimum absolute atomic E-state index is 0.155. The molecule has 12 heavy (non-hydrogen) atoms. The van der Waals surface area contributed by atoms with Crippen LogP contribution in [0.5, 0.6) is 0 Å². The van der Waals surface area contributed by atoms with Crippen LogP contribution in [0.15, 0.2) is 0 Å². The molecule has 0 radical (unpaired) electrons. The van der Waals surface area contributed by atoms with Gasteiger partial charge in [-0.05, 0) is 19.8 Å². The van der Waals surface area contributed by atoms with Gasteiger partial charge in [-0.25, -0.2) is 0 Å². The molecule has 0 aromatic heterocycles. The van der Waals surface area contributed by atoms with Crippen molar-refractivity contribution in [3.8, 4) is 0 Å². The maximum atomic E-state index is 5.47. The average molecular weight is 190 g/mol. The molecular weight excluding hydrogens is 168 g/mol. The predicted molar refractivity (Wildman–Crippen MR) is 55.2 cm³/mol. The molecule has 0 rings (SSSR count). The highest BCUT2D eigenvalue weighted by Gasteiger charge is 2.08. The molecule has 0 aliphatic carbocycles. The Morgan fingerprint density at radius 1 is 1.08 bits per heavy atom. The monoisotopic (exact) mass is 190 g/mol. The van der Waals surface area contributed by atoms with Crippen molar-refractivity contribution in [2.45, 2.75) is 39.7 Å². The fraction of sp³-hybridized carbons (Fsp3) is 1.00. The van der Waals surface area contributed by atoms with Gasteiger partial charge in [0.05, 0.1) is 9.52 Å². The molecule has 74 valence electrons. The summed E-state index contributed by atoms with van der Waals surface area (Å²) in [5.74, 6) is 0.947. The van der Waals surface area contributed by atoms with E-state index in [9.17, 15) is 0 Å². The Morgan fingerprint density at radius 3 is 1.92 bits per heavy atom. The normalized spacial score (nSPS) is 12.5. The Hall–Kier alpha value is 0.137. The van der Waals surface area contributed by atoms with Crippen LogP contribution in [0.1, 0.15) is 27.7 Å². The van der Waals surface area contributed by atoms with E-state index in [1.54, 1.807) is 0 Å². The van der Waals surface area contributed by atoms with Crippen LogP contribution < -0.4 is 0 Å². The topological polar surface area (TPSA) is 18.5 Å². The van der Waals surface area contributed by atoms with Crippen LogP contribution in [0.4, 0.5) is 0 Å². The van der Waals surface area contributed by atoms with Gasteiger partial charge in [-0.2, -0.15) is 0 Å². The Balaban J connectivity index is 3.48. The van der Waals surface area contributed by atoms with Gasteiger partial charge in [-0.15, -0.1) is 0 Å².